The molecule has 1 aromatic heterocycles. The van der Waals surface area contributed by atoms with Gasteiger partial charge in [0.1, 0.15) is 5.69 Å². The Morgan fingerprint density at radius 2 is 1.92 bits per heavy atom. The number of hydrogen-bond acceptors (Lipinski definition) is 4. The van der Waals surface area contributed by atoms with Crippen LogP contribution in [-0.2, 0) is 6.18 Å². The predicted octanol–water partition coefficient (Wildman–Crippen LogP) is 3.53. The van der Waals surface area contributed by atoms with Crippen LogP contribution in [0.2, 0.25) is 0 Å². The highest BCUT2D eigenvalue weighted by atomic mass is 19.4. The van der Waals surface area contributed by atoms with Crippen LogP contribution in [0.4, 0.5) is 24.5 Å². The average molecular weight is 366 g/mol. The molecule has 0 saturated carbocycles. The zero-order valence-electron chi connectivity index (χ0n) is 14.6. The number of amides is 1. The molecule has 0 aliphatic rings. The predicted molar refractivity (Wildman–Crippen MR) is 94.5 cm³/mol. The molecule has 0 aliphatic heterocycles. The van der Waals surface area contributed by atoms with Gasteiger partial charge in [-0.3, -0.25) is 4.79 Å². The second-order valence-corrected chi connectivity index (χ2v) is 6.05. The third-order valence-electron chi connectivity index (χ3n) is 3.54. The average Bonchev–Trinajstić information content (AvgIpc) is 2.58. The van der Waals surface area contributed by atoms with Crippen LogP contribution >= 0.6 is 0 Å². The number of rotatable bonds is 7. The van der Waals surface area contributed by atoms with E-state index < -0.39 is 11.7 Å². The molecule has 2 aromatic rings. The molecule has 0 aliphatic carbocycles. The van der Waals surface area contributed by atoms with Gasteiger partial charge in [0.15, 0.2) is 0 Å². The standard InChI is InChI=1S/C18H21F3N4O/c1-25(2)10-4-9-22-17(26)16-8-7-15(12-23-16)24-14-6-3-5-13(11-14)18(19,20)21/h3,5-8,11-12,24H,4,9-10H2,1-2H3,(H,22,26). The van der Waals surface area contributed by atoms with Crippen LogP contribution < -0.4 is 10.6 Å². The minimum atomic E-state index is -4.40. The molecule has 8 heteroatoms. The molecule has 0 atom stereocenters. The number of alkyl halides is 3. The van der Waals surface area contributed by atoms with Crippen molar-refractivity contribution in [2.75, 3.05) is 32.5 Å². The Morgan fingerprint density at radius 1 is 1.15 bits per heavy atom. The van der Waals surface area contributed by atoms with Crippen molar-refractivity contribution in [3.05, 3.63) is 53.9 Å². The van der Waals surface area contributed by atoms with Crippen molar-refractivity contribution < 1.29 is 18.0 Å². The van der Waals surface area contributed by atoms with Gasteiger partial charge in [-0.05, 0) is 57.4 Å². The van der Waals surface area contributed by atoms with E-state index in [1.807, 2.05) is 19.0 Å². The first kappa shape index (κ1) is 19.7. The van der Waals surface area contributed by atoms with E-state index in [1.54, 1.807) is 6.07 Å². The van der Waals surface area contributed by atoms with E-state index >= 15 is 0 Å². The van der Waals surface area contributed by atoms with Gasteiger partial charge in [0.05, 0.1) is 17.4 Å². The fourth-order valence-electron chi connectivity index (χ4n) is 2.23. The number of aromatic nitrogens is 1. The van der Waals surface area contributed by atoms with Crippen molar-refractivity contribution in [1.29, 1.82) is 0 Å². The molecular formula is C18H21F3N4O. The number of halogens is 3. The second kappa shape index (κ2) is 8.66. The van der Waals surface area contributed by atoms with Crippen LogP contribution in [0.25, 0.3) is 0 Å². The summed E-state index contributed by atoms with van der Waals surface area (Å²) in [5.74, 6) is -0.283. The molecule has 2 N–H and O–H groups in total. The van der Waals surface area contributed by atoms with Gasteiger partial charge in [-0.15, -0.1) is 0 Å². The lowest BCUT2D eigenvalue weighted by Crippen LogP contribution is -2.27. The zero-order valence-corrected chi connectivity index (χ0v) is 14.6. The Hall–Kier alpha value is -2.61. The van der Waals surface area contributed by atoms with Gasteiger partial charge < -0.3 is 15.5 Å². The number of anilines is 2. The quantitative estimate of drug-likeness (QED) is 0.736. The van der Waals surface area contributed by atoms with E-state index in [0.717, 1.165) is 25.1 Å². The summed E-state index contributed by atoms with van der Waals surface area (Å²) < 4.78 is 38.2. The van der Waals surface area contributed by atoms with Crippen molar-refractivity contribution in [2.45, 2.75) is 12.6 Å². The first-order valence-electron chi connectivity index (χ1n) is 8.09. The van der Waals surface area contributed by atoms with Crippen molar-refractivity contribution in [2.24, 2.45) is 0 Å². The van der Waals surface area contributed by atoms with E-state index in [1.165, 1.54) is 24.4 Å². The first-order chi connectivity index (χ1) is 12.3. The number of carbonyl (C=O) groups is 1. The third kappa shape index (κ3) is 6.03. The Kier molecular flexibility index (Phi) is 6.57. The summed E-state index contributed by atoms with van der Waals surface area (Å²) >= 11 is 0. The SMILES string of the molecule is CN(C)CCCNC(=O)c1ccc(Nc2cccc(C(F)(F)F)c2)cn1. The van der Waals surface area contributed by atoms with Gasteiger partial charge in [0.2, 0.25) is 0 Å². The maximum atomic E-state index is 12.7. The van der Waals surface area contributed by atoms with Crippen LogP contribution in [0, 0.1) is 0 Å². The molecule has 1 heterocycles. The monoisotopic (exact) mass is 366 g/mol. The minimum Gasteiger partial charge on any atom is -0.354 e. The van der Waals surface area contributed by atoms with Crippen molar-refractivity contribution >= 4 is 17.3 Å². The molecule has 0 unspecified atom stereocenters. The zero-order chi connectivity index (χ0) is 19.2. The summed E-state index contributed by atoms with van der Waals surface area (Å²) in [5, 5.41) is 5.62. The topological polar surface area (TPSA) is 57.3 Å². The summed E-state index contributed by atoms with van der Waals surface area (Å²) in [4.78, 5) is 18.1. The molecule has 1 amide bonds. The highest BCUT2D eigenvalue weighted by molar-refractivity contribution is 5.92. The first-order valence-corrected chi connectivity index (χ1v) is 8.09. The highest BCUT2D eigenvalue weighted by Crippen LogP contribution is 2.31. The summed E-state index contributed by atoms with van der Waals surface area (Å²) in [6.07, 6.45) is -2.16. The fourth-order valence-corrected chi connectivity index (χ4v) is 2.23. The van der Waals surface area contributed by atoms with Crippen molar-refractivity contribution in [3.63, 3.8) is 0 Å². The molecule has 1 aromatic carbocycles. The van der Waals surface area contributed by atoms with Crippen molar-refractivity contribution in [1.82, 2.24) is 15.2 Å². The molecule has 2 rings (SSSR count). The molecule has 140 valence electrons. The molecular weight excluding hydrogens is 345 g/mol. The van der Waals surface area contributed by atoms with E-state index in [2.05, 4.69) is 15.6 Å². The lowest BCUT2D eigenvalue weighted by molar-refractivity contribution is -0.137. The second-order valence-electron chi connectivity index (χ2n) is 6.05. The maximum Gasteiger partial charge on any atom is 0.416 e. The smallest absolute Gasteiger partial charge is 0.354 e. The van der Waals surface area contributed by atoms with E-state index in [4.69, 9.17) is 0 Å². The van der Waals surface area contributed by atoms with E-state index in [9.17, 15) is 18.0 Å². The Labute approximate surface area is 150 Å². The Balaban J connectivity index is 1.94. The van der Waals surface area contributed by atoms with Gasteiger partial charge in [-0.1, -0.05) is 6.07 Å². The summed E-state index contributed by atoms with van der Waals surface area (Å²) in [5.41, 5.74) is 0.310. The lowest BCUT2D eigenvalue weighted by Gasteiger charge is -2.11. The fraction of sp³-hybridized carbons (Fsp3) is 0.333. The summed E-state index contributed by atoms with van der Waals surface area (Å²) in [6.45, 7) is 1.41. The van der Waals surface area contributed by atoms with Crippen LogP contribution in [0.15, 0.2) is 42.6 Å². The molecule has 5 nitrogen and oxygen atoms in total. The third-order valence-corrected chi connectivity index (χ3v) is 3.54. The van der Waals surface area contributed by atoms with E-state index in [-0.39, 0.29) is 11.6 Å². The minimum absolute atomic E-state index is 0.254. The Morgan fingerprint density at radius 3 is 2.54 bits per heavy atom. The largest absolute Gasteiger partial charge is 0.416 e. The number of pyridine rings is 1. The van der Waals surface area contributed by atoms with Gasteiger partial charge in [-0.25, -0.2) is 4.98 Å². The molecule has 0 fully saturated rings. The number of nitrogens with zero attached hydrogens (tertiary/aromatic N) is 2. The molecule has 26 heavy (non-hydrogen) atoms. The van der Waals surface area contributed by atoms with Gasteiger partial charge in [-0.2, -0.15) is 13.2 Å². The van der Waals surface area contributed by atoms with Crippen LogP contribution in [0.1, 0.15) is 22.5 Å². The maximum absolute atomic E-state index is 12.7. The molecule has 0 spiro atoms. The number of benzene rings is 1. The molecule has 0 radical (unpaired) electrons. The van der Waals surface area contributed by atoms with Crippen molar-refractivity contribution in [3.8, 4) is 0 Å². The summed E-state index contributed by atoms with van der Waals surface area (Å²) in [7, 11) is 3.92. The molecule has 0 saturated heterocycles. The number of hydrogen-bond donors (Lipinski definition) is 2. The van der Waals surface area contributed by atoms with Crippen LogP contribution in [0.5, 0.6) is 0 Å². The van der Waals surface area contributed by atoms with Gasteiger partial charge >= 0.3 is 6.18 Å². The normalized spacial score (nSPS) is 11.5. The summed E-state index contributed by atoms with van der Waals surface area (Å²) in [6, 6.07) is 8.01. The van der Waals surface area contributed by atoms with Crippen LogP contribution in [-0.4, -0.2) is 43.0 Å². The van der Waals surface area contributed by atoms with Gasteiger partial charge in [0.25, 0.3) is 5.91 Å². The lowest BCUT2D eigenvalue weighted by atomic mass is 10.2. The highest BCUT2D eigenvalue weighted by Gasteiger charge is 2.30. The van der Waals surface area contributed by atoms with E-state index in [0.29, 0.717) is 17.9 Å². The van der Waals surface area contributed by atoms with Gasteiger partial charge in [0, 0.05) is 12.2 Å². The van der Waals surface area contributed by atoms with Crippen LogP contribution in [0.3, 0.4) is 0 Å². The number of nitrogens with one attached hydrogen (secondary N) is 2. The molecule has 0 bridgehead atoms. The number of carbonyl (C=O) groups excluding carboxylic acids is 1. The Bertz CT molecular complexity index is 730.